The molecule has 3 N–H and O–H groups in total. The maximum atomic E-state index is 13.3. The molecule has 0 bridgehead atoms. The van der Waals surface area contributed by atoms with E-state index in [2.05, 4.69) is 30.7 Å². The molecule has 0 radical (unpaired) electrons. The molecular weight excluding hydrogens is 454 g/mol. The highest BCUT2D eigenvalue weighted by atomic mass is 35.5. The van der Waals surface area contributed by atoms with Crippen molar-refractivity contribution < 1.29 is 0 Å². The van der Waals surface area contributed by atoms with Gasteiger partial charge in [0.1, 0.15) is 6.33 Å². The van der Waals surface area contributed by atoms with Gasteiger partial charge in [-0.2, -0.15) is 4.68 Å². The minimum Gasteiger partial charge on any atom is -0.399 e. The largest absolute Gasteiger partial charge is 0.399 e. The fraction of sp³-hybridized carbons (Fsp3) is 0.130. The third kappa shape index (κ3) is 3.44. The minimum absolute atomic E-state index is 0.122. The molecule has 0 aliphatic carbocycles. The van der Waals surface area contributed by atoms with Crippen molar-refractivity contribution in [2.75, 3.05) is 5.73 Å². The molecule has 0 spiro atoms. The number of nitrogens with zero attached hydrogens (tertiary/aromatic N) is 7. The van der Waals surface area contributed by atoms with Gasteiger partial charge in [0.25, 0.3) is 5.56 Å². The van der Waals surface area contributed by atoms with E-state index in [1.165, 1.54) is 6.33 Å². The van der Waals surface area contributed by atoms with Crippen molar-refractivity contribution >= 4 is 17.3 Å². The first-order chi connectivity index (χ1) is 16.6. The minimum atomic E-state index is -0.218. The highest BCUT2D eigenvalue weighted by molar-refractivity contribution is 6.31. The zero-order valence-corrected chi connectivity index (χ0v) is 18.5. The summed E-state index contributed by atoms with van der Waals surface area (Å²) >= 11 is 6.28. The number of aromatic amines is 1. The van der Waals surface area contributed by atoms with E-state index in [4.69, 9.17) is 17.3 Å². The lowest BCUT2D eigenvalue weighted by molar-refractivity contribution is 0.568. The van der Waals surface area contributed by atoms with Crippen LogP contribution >= 0.6 is 11.6 Å². The fourth-order valence-corrected chi connectivity index (χ4v) is 4.59. The van der Waals surface area contributed by atoms with Crippen molar-refractivity contribution in [1.29, 1.82) is 0 Å². The number of nitrogen functional groups attached to an aromatic ring is 1. The van der Waals surface area contributed by atoms with Gasteiger partial charge in [-0.15, -0.1) is 15.3 Å². The number of halogens is 1. The number of aryl methyl sites for hydroxylation is 1. The predicted octanol–water partition coefficient (Wildman–Crippen LogP) is 3.05. The Kier molecular flexibility index (Phi) is 4.73. The Labute approximate surface area is 198 Å². The molecule has 0 unspecified atom stereocenters. The van der Waals surface area contributed by atoms with Crippen molar-refractivity contribution in [1.82, 2.24) is 40.0 Å². The maximum absolute atomic E-state index is 13.3. The topological polar surface area (TPSA) is 133 Å². The van der Waals surface area contributed by atoms with Gasteiger partial charge in [0.15, 0.2) is 11.6 Å². The van der Waals surface area contributed by atoms with Crippen LogP contribution in [0.25, 0.3) is 28.2 Å². The first-order valence-electron chi connectivity index (χ1n) is 10.6. The summed E-state index contributed by atoms with van der Waals surface area (Å²) in [5.74, 6) is 1.29. The zero-order valence-electron chi connectivity index (χ0n) is 17.8. The van der Waals surface area contributed by atoms with Gasteiger partial charge in [0.2, 0.25) is 0 Å². The number of anilines is 1. The summed E-state index contributed by atoms with van der Waals surface area (Å²) in [6, 6.07) is 16.2. The van der Waals surface area contributed by atoms with Crippen molar-refractivity contribution in [2.45, 2.75) is 18.9 Å². The second-order valence-corrected chi connectivity index (χ2v) is 8.53. The standard InChI is InChI=1S/C23H18ClN9O/c24-15-3-7-19(32-12-26-30-31-32)18(11-15)14-9-17-6-8-20(33(17)21(34)10-14)23-27-22(28-29-23)13-1-4-16(25)5-2-13/h1-5,7,9-12,20H,6,8,25H2,(H,27,28,29)/t20-/m0/s1. The van der Waals surface area contributed by atoms with E-state index in [0.29, 0.717) is 22.4 Å². The van der Waals surface area contributed by atoms with Gasteiger partial charge in [-0.3, -0.25) is 4.79 Å². The molecule has 0 amide bonds. The summed E-state index contributed by atoms with van der Waals surface area (Å²) in [6.07, 6.45) is 2.97. The number of nitrogens with one attached hydrogen (secondary N) is 1. The number of benzene rings is 2. The Morgan fingerprint density at radius 2 is 1.88 bits per heavy atom. The molecular formula is C23H18ClN9O. The highest BCUT2D eigenvalue weighted by Crippen LogP contribution is 2.34. The molecule has 1 atom stereocenters. The number of hydrogen-bond donors (Lipinski definition) is 2. The highest BCUT2D eigenvalue weighted by Gasteiger charge is 2.28. The van der Waals surface area contributed by atoms with Crippen LogP contribution in [0.15, 0.2) is 65.7 Å². The average molecular weight is 472 g/mol. The Morgan fingerprint density at radius 1 is 1.03 bits per heavy atom. The van der Waals surface area contributed by atoms with Gasteiger partial charge in [-0.25, -0.2) is 0 Å². The first-order valence-corrected chi connectivity index (χ1v) is 11.0. The molecule has 3 aromatic heterocycles. The van der Waals surface area contributed by atoms with Crippen LogP contribution in [-0.4, -0.2) is 40.0 Å². The van der Waals surface area contributed by atoms with E-state index >= 15 is 0 Å². The van der Waals surface area contributed by atoms with E-state index in [1.807, 2.05) is 42.5 Å². The summed E-state index contributed by atoms with van der Waals surface area (Å²) in [7, 11) is 0. The molecule has 1 aliphatic heterocycles. The monoisotopic (exact) mass is 471 g/mol. The summed E-state index contributed by atoms with van der Waals surface area (Å²) in [6.45, 7) is 0. The molecule has 34 heavy (non-hydrogen) atoms. The quantitative estimate of drug-likeness (QED) is 0.385. The number of aromatic nitrogens is 8. The van der Waals surface area contributed by atoms with E-state index in [1.54, 1.807) is 21.4 Å². The maximum Gasteiger partial charge on any atom is 0.252 e. The van der Waals surface area contributed by atoms with Gasteiger partial charge < -0.3 is 15.3 Å². The van der Waals surface area contributed by atoms with Gasteiger partial charge in [0, 0.05) is 33.6 Å². The third-order valence-electron chi connectivity index (χ3n) is 6.00. The first kappa shape index (κ1) is 20.3. The molecule has 0 saturated carbocycles. The fourth-order valence-electron chi connectivity index (χ4n) is 4.42. The number of nitrogens with two attached hydrogens (primary N) is 1. The second-order valence-electron chi connectivity index (χ2n) is 8.09. The summed E-state index contributed by atoms with van der Waals surface area (Å²) in [4.78, 5) is 16.6. The summed E-state index contributed by atoms with van der Waals surface area (Å²) in [5.41, 5.74) is 10.4. The average Bonchev–Trinajstić information content (AvgIpc) is 3.60. The van der Waals surface area contributed by atoms with Crippen molar-refractivity contribution in [2.24, 2.45) is 0 Å². The van der Waals surface area contributed by atoms with Crippen LogP contribution in [0.1, 0.15) is 24.0 Å². The van der Waals surface area contributed by atoms with Crippen molar-refractivity contribution in [3.05, 3.63) is 87.8 Å². The third-order valence-corrected chi connectivity index (χ3v) is 6.24. The number of rotatable bonds is 4. The summed E-state index contributed by atoms with van der Waals surface area (Å²) < 4.78 is 3.32. The lowest BCUT2D eigenvalue weighted by atomic mass is 10.0. The molecule has 2 aromatic carbocycles. The van der Waals surface area contributed by atoms with Gasteiger partial charge >= 0.3 is 0 Å². The Balaban J connectivity index is 1.39. The van der Waals surface area contributed by atoms with Crippen LogP contribution in [0.3, 0.4) is 0 Å². The lowest BCUT2D eigenvalue weighted by Gasteiger charge is -2.14. The molecule has 6 rings (SSSR count). The van der Waals surface area contributed by atoms with E-state index in [9.17, 15) is 4.79 Å². The van der Waals surface area contributed by atoms with Crippen molar-refractivity contribution in [3.63, 3.8) is 0 Å². The number of tetrazole rings is 1. The lowest BCUT2D eigenvalue weighted by Crippen LogP contribution is -2.24. The molecule has 1 aliphatic rings. The molecule has 0 saturated heterocycles. The van der Waals surface area contributed by atoms with E-state index in [-0.39, 0.29) is 11.6 Å². The molecule has 10 nitrogen and oxygen atoms in total. The normalized spacial score (nSPS) is 14.9. The van der Waals surface area contributed by atoms with Crippen LogP contribution in [0, 0.1) is 0 Å². The number of hydrogen-bond acceptors (Lipinski definition) is 7. The molecule has 11 heteroatoms. The predicted molar refractivity (Wildman–Crippen MR) is 127 cm³/mol. The Bertz CT molecular complexity index is 1550. The number of H-pyrrole nitrogens is 1. The second kappa shape index (κ2) is 7.92. The smallest absolute Gasteiger partial charge is 0.252 e. The van der Waals surface area contributed by atoms with Crippen LogP contribution < -0.4 is 11.3 Å². The number of fused-ring (bicyclic) bond motifs is 1. The summed E-state index contributed by atoms with van der Waals surface area (Å²) in [5, 5.41) is 20.6. The van der Waals surface area contributed by atoms with E-state index < -0.39 is 0 Å². The molecule has 5 aromatic rings. The van der Waals surface area contributed by atoms with Crippen LogP contribution in [0.2, 0.25) is 5.02 Å². The molecule has 0 fully saturated rings. The van der Waals surface area contributed by atoms with Crippen molar-refractivity contribution in [3.8, 4) is 28.2 Å². The molecule has 4 heterocycles. The zero-order chi connectivity index (χ0) is 23.2. The van der Waals surface area contributed by atoms with Crippen LogP contribution in [0.4, 0.5) is 5.69 Å². The SMILES string of the molecule is Nc1ccc(-c2nnc([C@@H]3CCc4cc(-c5cc(Cl)ccc5-n5cnnn5)cc(=O)n43)[nH]2)cc1. The van der Waals surface area contributed by atoms with Gasteiger partial charge in [0.05, 0.1) is 11.7 Å². The van der Waals surface area contributed by atoms with Gasteiger partial charge in [-0.05, 0) is 77.4 Å². The molecule has 168 valence electrons. The van der Waals surface area contributed by atoms with Crippen LogP contribution in [0.5, 0.6) is 0 Å². The van der Waals surface area contributed by atoms with Gasteiger partial charge in [-0.1, -0.05) is 11.6 Å². The van der Waals surface area contributed by atoms with E-state index in [0.717, 1.165) is 40.9 Å². The van der Waals surface area contributed by atoms with Crippen LogP contribution in [-0.2, 0) is 6.42 Å². The number of pyridine rings is 1. The Morgan fingerprint density at radius 3 is 2.68 bits per heavy atom. The Hall–Kier alpha value is -4.31.